The maximum atomic E-state index is 12.9. The fraction of sp³-hybridized carbons (Fsp3) is 0.250. The van der Waals surface area contributed by atoms with Crippen molar-refractivity contribution in [3.63, 3.8) is 0 Å². The zero-order chi connectivity index (χ0) is 12.8. The number of rotatable bonds is 4. The van der Waals surface area contributed by atoms with Gasteiger partial charge >= 0.3 is 0 Å². The summed E-state index contributed by atoms with van der Waals surface area (Å²) in [4.78, 5) is 11.4. The van der Waals surface area contributed by atoms with Gasteiger partial charge in [-0.05, 0) is 19.1 Å². The number of carbonyl (C=O) groups excluding carboxylic acids is 1. The second kappa shape index (κ2) is 5.85. The van der Waals surface area contributed by atoms with Crippen molar-refractivity contribution in [2.24, 2.45) is 0 Å². The molecule has 3 nitrogen and oxygen atoms in total. The van der Waals surface area contributed by atoms with Crippen molar-refractivity contribution in [2.75, 3.05) is 6.54 Å². The summed E-state index contributed by atoms with van der Waals surface area (Å²) in [7, 11) is 0. The molecule has 0 saturated heterocycles. The third-order valence-electron chi connectivity index (χ3n) is 1.94. The lowest BCUT2D eigenvalue weighted by Gasteiger charge is -2.13. The quantitative estimate of drug-likeness (QED) is 0.808. The van der Waals surface area contributed by atoms with E-state index < -0.39 is 23.6 Å². The predicted molar refractivity (Wildman–Crippen MR) is 58.3 cm³/mol. The normalized spacial score (nSPS) is 11.4. The standard InChI is InChI=1S/C12H11F2NO2/c1-3-6-15-12(16)8(2)17-9-4-5-10(13)11(14)7-9/h1,4-5,7-8H,6H2,2H3,(H,15,16). The number of benzene rings is 1. The molecule has 5 heteroatoms. The largest absolute Gasteiger partial charge is 0.481 e. The van der Waals surface area contributed by atoms with Crippen LogP contribution in [0, 0.1) is 24.0 Å². The molecule has 0 heterocycles. The van der Waals surface area contributed by atoms with Crippen molar-refractivity contribution in [1.29, 1.82) is 0 Å². The first-order chi connectivity index (χ1) is 8.04. The van der Waals surface area contributed by atoms with E-state index in [1.807, 2.05) is 0 Å². The van der Waals surface area contributed by atoms with Crippen LogP contribution in [0.25, 0.3) is 0 Å². The van der Waals surface area contributed by atoms with Gasteiger partial charge in [-0.25, -0.2) is 8.78 Å². The summed E-state index contributed by atoms with van der Waals surface area (Å²) in [5, 5.41) is 2.41. The highest BCUT2D eigenvalue weighted by molar-refractivity contribution is 5.80. The van der Waals surface area contributed by atoms with Gasteiger partial charge < -0.3 is 10.1 Å². The molecule has 1 N–H and O–H groups in total. The second-order valence-electron chi connectivity index (χ2n) is 3.26. The lowest BCUT2D eigenvalue weighted by atomic mass is 10.3. The van der Waals surface area contributed by atoms with Crippen LogP contribution < -0.4 is 10.1 Å². The van der Waals surface area contributed by atoms with E-state index in [2.05, 4.69) is 11.2 Å². The topological polar surface area (TPSA) is 38.3 Å². The van der Waals surface area contributed by atoms with Gasteiger partial charge in [0.25, 0.3) is 5.91 Å². The van der Waals surface area contributed by atoms with Gasteiger partial charge in [0.15, 0.2) is 17.7 Å². The summed E-state index contributed by atoms with van der Waals surface area (Å²) in [5.74, 6) is -0.110. The van der Waals surface area contributed by atoms with E-state index in [1.54, 1.807) is 0 Å². The Morgan fingerprint density at radius 2 is 2.24 bits per heavy atom. The molecule has 0 aliphatic carbocycles. The number of ether oxygens (including phenoxy) is 1. The lowest BCUT2D eigenvalue weighted by Crippen LogP contribution is -2.36. The van der Waals surface area contributed by atoms with Crippen molar-refractivity contribution < 1.29 is 18.3 Å². The smallest absolute Gasteiger partial charge is 0.261 e. The zero-order valence-electron chi connectivity index (χ0n) is 9.17. The highest BCUT2D eigenvalue weighted by Crippen LogP contribution is 2.16. The van der Waals surface area contributed by atoms with Crippen molar-refractivity contribution in [2.45, 2.75) is 13.0 Å². The molecule has 0 aliphatic rings. The Morgan fingerprint density at radius 3 is 2.82 bits per heavy atom. The van der Waals surface area contributed by atoms with Crippen LogP contribution in [0.2, 0.25) is 0 Å². The second-order valence-corrected chi connectivity index (χ2v) is 3.26. The van der Waals surface area contributed by atoms with Crippen molar-refractivity contribution >= 4 is 5.91 Å². The van der Waals surface area contributed by atoms with Crippen molar-refractivity contribution in [1.82, 2.24) is 5.32 Å². The average molecular weight is 239 g/mol. The molecule has 1 aromatic carbocycles. The molecular weight excluding hydrogens is 228 g/mol. The summed E-state index contributed by atoms with van der Waals surface area (Å²) in [6.07, 6.45) is 4.13. The molecule has 0 saturated carbocycles. The molecule has 0 bridgehead atoms. The highest BCUT2D eigenvalue weighted by Gasteiger charge is 2.14. The number of halogens is 2. The fourth-order valence-electron chi connectivity index (χ4n) is 1.09. The van der Waals surface area contributed by atoms with E-state index in [9.17, 15) is 13.6 Å². The molecule has 0 aliphatic heterocycles. The Balaban J connectivity index is 2.62. The molecule has 0 fully saturated rings. The van der Waals surface area contributed by atoms with Crippen LogP contribution in [0.15, 0.2) is 18.2 Å². The van der Waals surface area contributed by atoms with Gasteiger partial charge in [-0.1, -0.05) is 5.92 Å². The SMILES string of the molecule is C#CCNC(=O)C(C)Oc1ccc(F)c(F)c1. The minimum Gasteiger partial charge on any atom is -0.481 e. The summed E-state index contributed by atoms with van der Waals surface area (Å²) in [6, 6.07) is 3.04. The van der Waals surface area contributed by atoms with Gasteiger partial charge in [-0.3, -0.25) is 4.79 Å². The Hall–Kier alpha value is -2.09. The molecular formula is C12H11F2NO2. The summed E-state index contributed by atoms with van der Waals surface area (Å²) < 4.78 is 30.6. The van der Waals surface area contributed by atoms with E-state index in [0.717, 1.165) is 12.1 Å². The van der Waals surface area contributed by atoms with E-state index in [4.69, 9.17) is 11.2 Å². The first-order valence-electron chi connectivity index (χ1n) is 4.87. The van der Waals surface area contributed by atoms with Crippen molar-refractivity contribution in [3.8, 4) is 18.1 Å². The minimum absolute atomic E-state index is 0.0762. The molecule has 0 radical (unpaired) electrons. The summed E-state index contributed by atoms with van der Waals surface area (Å²) in [6.45, 7) is 1.57. The van der Waals surface area contributed by atoms with Crippen LogP contribution in [-0.4, -0.2) is 18.6 Å². The van der Waals surface area contributed by atoms with E-state index >= 15 is 0 Å². The van der Waals surface area contributed by atoms with E-state index in [0.29, 0.717) is 0 Å². The molecule has 1 aromatic rings. The molecule has 0 spiro atoms. The van der Waals surface area contributed by atoms with Crippen LogP contribution in [0.3, 0.4) is 0 Å². The van der Waals surface area contributed by atoms with E-state index in [1.165, 1.54) is 13.0 Å². The van der Waals surface area contributed by atoms with Gasteiger partial charge in [0, 0.05) is 6.07 Å². The monoisotopic (exact) mass is 239 g/mol. The fourth-order valence-corrected chi connectivity index (χ4v) is 1.09. The van der Waals surface area contributed by atoms with Crippen LogP contribution >= 0.6 is 0 Å². The van der Waals surface area contributed by atoms with Gasteiger partial charge in [0.05, 0.1) is 6.54 Å². The average Bonchev–Trinajstić information content (AvgIpc) is 2.30. The maximum absolute atomic E-state index is 12.9. The van der Waals surface area contributed by atoms with Crippen molar-refractivity contribution in [3.05, 3.63) is 29.8 Å². The number of amides is 1. The van der Waals surface area contributed by atoms with Gasteiger partial charge in [-0.15, -0.1) is 6.42 Å². The molecule has 1 unspecified atom stereocenters. The molecule has 0 aromatic heterocycles. The highest BCUT2D eigenvalue weighted by atomic mass is 19.2. The number of nitrogens with one attached hydrogen (secondary N) is 1. The first-order valence-corrected chi connectivity index (χ1v) is 4.87. The summed E-state index contributed by atoms with van der Waals surface area (Å²) in [5.41, 5.74) is 0. The number of hydrogen-bond acceptors (Lipinski definition) is 2. The summed E-state index contributed by atoms with van der Waals surface area (Å²) >= 11 is 0. The number of hydrogen-bond donors (Lipinski definition) is 1. The van der Waals surface area contributed by atoms with Crippen LogP contribution in [-0.2, 0) is 4.79 Å². The van der Waals surface area contributed by atoms with Crippen LogP contribution in [0.4, 0.5) is 8.78 Å². The molecule has 1 rings (SSSR count). The van der Waals surface area contributed by atoms with E-state index in [-0.39, 0.29) is 12.3 Å². The molecule has 1 atom stereocenters. The van der Waals surface area contributed by atoms with Crippen LogP contribution in [0.1, 0.15) is 6.92 Å². The predicted octanol–water partition coefficient (Wildman–Crippen LogP) is 1.48. The first kappa shape index (κ1) is 13.0. The minimum atomic E-state index is -1.03. The maximum Gasteiger partial charge on any atom is 0.261 e. The number of carbonyl (C=O) groups is 1. The third kappa shape index (κ3) is 3.76. The molecule has 1 amide bonds. The number of terminal acetylenes is 1. The zero-order valence-corrected chi connectivity index (χ0v) is 9.17. The van der Waals surface area contributed by atoms with Gasteiger partial charge in [0.1, 0.15) is 5.75 Å². The Labute approximate surface area is 97.8 Å². The van der Waals surface area contributed by atoms with Gasteiger partial charge in [0.2, 0.25) is 0 Å². The molecule has 90 valence electrons. The lowest BCUT2D eigenvalue weighted by molar-refractivity contribution is -0.127. The van der Waals surface area contributed by atoms with Crippen LogP contribution in [0.5, 0.6) is 5.75 Å². The molecule has 17 heavy (non-hydrogen) atoms. The third-order valence-corrected chi connectivity index (χ3v) is 1.94. The van der Waals surface area contributed by atoms with Gasteiger partial charge in [-0.2, -0.15) is 0 Å². The Morgan fingerprint density at radius 1 is 1.53 bits per heavy atom. The Bertz CT molecular complexity index is 454. The Kier molecular flexibility index (Phi) is 4.46.